The van der Waals surface area contributed by atoms with Gasteiger partial charge in [-0.25, -0.2) is 0 Å². The molecule has 0 aromatic carbocycles. The molecular formula is C13H26N2O2. The smallest absolute Gasteiger partial charge is 0.158 e. The van der Waals surface area contributed by atoms with Crippen molar-refractivity contribution in [2.24, 2.45) is 11.7 Å². The summed E-state index contributed by atoms with van der Waals surface area (Å²) in [4.78, 5) is 2.60. The maximum Gasteiger partial charge on any atom is 0.158 e. The first-order valence-corrected chi connectivity index (χ1v) is 6.65. The fourth-order valence-corrected chi connectivity index (χ4v) is 3.53. The summed E-state index contributed by atoms with van der Waals surface area (Å²) in [5, 5.41) is 0. The minimum absolute atomic E-state index is 0.0104. The van der Waals surface area contributed by atoms with Crippen LogP contribution in [0.1, 0.15) is 32.6 Å². The first kappa shape index (κ1) is 13.3. The highest BCUT2D eigenvalue weighted by Gasteiger charge is 2.46. The van der Waals surface area contributed by atoms with Crippen LogP contribution in [0.15, 0.2) is 0 Å². The van der Waals surface area contributed by atoms with Crippen molar-refractivity contribution in [3.8, 4) is 0 Å². The molecule has 2 N–H and O–H groups in total. The summed E-state index contributed by atoms with van der Waals surface area (Å²) >= 11 is 0. The van der Waals surface area contributed by atoms with Gasteiger partial charge in [-0.15, -0.1) is 0 Å². The Morgan fingerprint density at radius 1 is 1.35 bits per heavy atom. The maximum atomic E-state index is 6.02. The summed E-state index contributed by atoms with van der Waals surface area (Å²) in [6.45, 7) is 4.12. The Morgan fingerprint density at radius 3 is 2.47 bits per heavy atom. The molecule has 1 saturated carbocycles. The molecule has 1 aliphatic heterocycles. The van der Waals surface area contributed by atoms with E-state index in [0.29, 0.717) is 6.54 Å². The molecule has 3 atom stereocenters. The Kier molecular flexibility index (Phi) is 4.08. The largest absolute Gasteiger partial charge is 0.356 e. The zero-order valence-corrected chi connectivity index (χ0v) is 11.3. The van der Waals surface area contributed by atoms with Crippen LogP contribution in [0.5, 0.6) is 0 Å². The van der Waals surface area contributed by atoms with Crippen LogP contribution in [0.25, 0.3) is 0 Å². The number of fused-ring (bicyclic) bond motifs is 2. The van der Waals surface area contributed by atoms with Crippen molar-refractivity contribution in [2.75, 3.05) is 27.3 Å². The van der Waals surface area contributed by atoms with E-state index in [2.05, 4.69) is 11.8 Å². The van der Waals surface area contributed by atoms with Crippen LogP contribution in [-0.2, 0) is 9.47 Å². The Balaban J connectivity index is 2.03. The van der Waals surface area contributed by atoms with E-state index < -0.39 is 0 Å². The second kappa shape index (κ2) is 5.22. The predicted octanol–water partition coefficient (Wildman–Crippen LogP) is 1.20. The van der Waals surface area contributed by atoms with Crippen molar-refractivity contribution in [2.45, 2.75) is 50.5 Å². The zero-order chi connectivity index (χ0) is 12.5. The fourth-order valence-electron chi connectivity index (χ4n) is 3.53. The van der Waals surface area contributed by atoms with E-state index in [1.54, 1.807) is 14.2 Å². The van der Waals surface area contributed by atoms with Crippen LogP contribution in [0.4, 0.5) is 0 Å². The first-order chi connectivity index (χ1) is 8.12. The van der Waals surface area contributed by atoms with Gasteiger partial charge in [-0.05, 0) is 32.1 Å². The molecule has 0 spiro atoms. The third-order valence-corrected chi connectivity index (χ3v) is 4.67. The van der Waals surface area contributed by atoms with Crippen LogP contribution in [0.3, 0.4) is 0 Å². The average molecular weight is 242 g/mol. The molecule has 2 aliphatic rings. The van der Waals surface area contributed by atoms with Gasteiger partial charge in [0.1, 0.15) is 0 Å². The topological polar surface area (TPSA) is 47.7 Å². The third-order valence-electron chi connectivity index (χ3n) is 4.67. The Labute approximate surface area is 104 Å². The minimum atomic E-state index is -0.150. The summed E-state index contributed by atoms with van der Waals surface area (Å²) in [5.41, 5.74) is 6.03. The second-order valence-electron chi connectivity index (χ2n) is 5.79. The van der Waals surface area contributed by atoms with Crippen LogP contribution in [-0.4, -0.2) is 50.1 Å². The van der Waals surface area contributed by atoms with Crippen molar-refractivity contribution in [1.82, 2.24) is 4.90 Å². The van der Waals surface area contributed by atoms with Gasteiger partial charge in [0.2, 0.25) is 0 Å². The predicted molar refractivity (Wildman–Crippen MR) is 67.7 cm³/mol. The highest BCUT2D eigenvalue weighted by atomic mass is 16.7. The number of likely N-dealkylation sites (tertiary alicyclic amines) is 1. The molecule has 3 unspecified atom stereocenters. The van der Waals surface area contributed by atoms with Gasteiger partial charge in [0.05, 0.1) is 0 Å². The van der Waals surface area contributed by atoms with Gasteiger partial charge in [0, 0.05) is 45.3 Å². The molecule has 4 heteroatoms. The summed E-state index contributed by atoms with van der Waals surface area (Å²) < 4.78 is 10.7. The molecule has 0 aromatic rings. The zero-order valence-electron chi connectivity index (χ0n) is 11.3. The number of hydrogen-bond donors (Lipinski definition) is 1. The summed E-state index contributed by atoms with van der Waals surface area (Å²) in [6.07, 6.45) is 4.80. The van der Waals surface area contributed by atoms with Crippen LogP contribution in [0, 0.1) is 5.92 Å². The van der Waals surface area contributed by atoms with Crippen LogP contribution >= 0.6 is 0 Å². The van der Waals surface area contributed by atoms with Gasteiger partial charge >= 0.3 is 0 Å². The molecule has 1 saturated heterocycles. The van der Waals surface area contributed by atoms with E-state index in [1.165, 1.54) is 25.8 Å². The van der Waals surface area contributed by atoms with Crippen molar-refractivity contribution >= 4 is 0 Å². The summed E-state index contributed by atoms with van der Waals surface area (Å²) in [5.74, 6) is 0.898. The Morgan fingerprint density at radius 2 is 2.06 bits per heavy atom. The molecule has 2 fully saturated rings. The van der Waals surface area contributed by atoms with E-state index in [0.717, 1.165) is 18.4 Å². The fraction of sp³-hybridized carbons (Fsp3) is 1.00. The lowest BCUT2D eigenvalue weighted by molar-refractivity contribution is -0.131. The summed E-state index contributed by atoms with van der Waals surface area (Å²) in [7, 11) is 3.39. The maximum absolute atomic E-state index is 6.02. The van der Waals surface area contributed by atoms with Gasteiger partial charge in [-0.1, -0.05) is 0 Å². The molecule has 2 bridgehead atoms. The molecule has 1 aliphatic carbocycles. The number of nitrogens with zero attached hydrogens (tertiary/aromatic N) is 1. The number of ether oxygens (including phenoxy) is 2. The van der Waals surface area contributed by atoms with E-state index in [4.69, 9.17) is 15.2 Å². The van der Waals surface area contributed by atoms with E-state index >= 15 is 0 Å². The Hall–Kier alpha value is -0.160. The third kappa shape index (κ3) is 2.50. The van der Waals surface area contributed by atoms with E-state index in [1.807, 2.05) is 0 Å². The van der Waals surface area contributed by atoms with Gasteiger partial charge in [0.25, 0.3) is 0 Å². The number of piperidine rings is 1. The Bertz CT molecular complexity index is 258. The minimum Gasteiger partial charge on any atom is -0.356 e. The SMILES string of the molecule is COC(CC(C)(CN)N1CC2CCC1C2)OC. The van der Waals surface area contributed by atoms with Crippen molar-refractivity contribution in [3.05, 3.63) is 0 Å². The molecule has 2 rings (SSSR count). The van der Waals surface area contributed by atoms with E-state index in [-0.39, 0.29) is 11.8 Å². The number of hydrogen-bond acceptors (Lipinski definition) is 4. The number of nitrogens with two attached hydrogens (primary N) is 1. The first-order valence-electron chi connectivity index (χ1n) is 6.65. The van der Waals surface area contributed by atoms with E-state index in [9.17, 15) is 0 Å². The molecule has 0 aromatic heterocycles. The molecule has 17 heavy (non-hydrogen) atoms. The molecule has 4 nitrogen and oxygen atoms in total. The molecule has 0 amide bonds. The summed E-state index contributed by atoms with van der Waals surface area (Å²) in [6, 6.07) is 0.739. The van der Waals surface area contributed by atoms with Gasteiger partial charge < -0.3 is 15.2 Å². The lowest BCUT2D eigenvalue weighted by atomic mass is 9.92. The lowest BCUT2D eigenvalue weighted by Crippen LogP contribution is -2.56. The molecule has 0 radical (unpaired) electrons. The molecular weight excluding hydrogens is 216 g/mol. The average Bonchev–Trinajstić information content (AvgIpc) is 2.98. The quantitative estimate of drug-likeness (QED) is 0.711. The van der Waals surface area contributed by atoms with Crippen molar-refractivity contribution < 1.29 is 9.47 Å². The van der Waals surface area contributed by atoms with Crippen LogP contribution < -0.4 is 5.73 Å². The monoisotopic (exact) mass is 242 g/mol. The highest BCUT2D eigenvalue weighted by molar-refractivity contribution is 5.01. The normalized spacial score (nSPS) is 32.3. The van der Waals surface area contributed by atoms with Crippen molar-refractivity contribution in [3.63, 3.8) is 0 Å². The molecule has 1 heterocycles. The molecule has 100 valence electrons. The number of methoxy groups -OCH3 is 2. The second-order valence-corrected chi connectivity index (χ2v) is 5.79. The van der Waals surface area contributed by atoms with Gasteiger partial charge in [0.15, 0.2) is 6.29 Å². The number of rotatable bonds is 6. The van der Waals surface area contributed by atoms with Gasteiger partial charge in [-0.2, -0.15) is 0 Å². The standard InChI is InChI=1S/C13H26N2O2/c1-13(9-14,7-12(16-2)17-3)15-8-10-4-5-11(15)6-10/h10-12H,4-9,14H2,1-3H3. The van der Waals surface area contributed by atoms with Gasteiger partial charge in [-0.3, -0.25) is 4.90 Å². The highest BCUT2D eigenvalue weighted by Crippen LogP contribution is 2.42. The van der Waals surface area contributed by atoms with Crippen molar-refractivity contribution in [1.29, 1.82) is 0 Å². The lowest BCUT2D eigenvalue weighted by Gasteiger charge is -2.44. The van der Waals surface area contributed by atoms with Crippen LogP contribution in [0.2, 0.25) is 0 Å².